The summed E-state index contributed by atoms with van der Waals surface area (Å²) in [4.78, 5) is 14.1. The molecule has 3 rings (SSSR count). The molecule has 1 aromatic carbocycles. The molecule has 1 atom stereocenters. The van der Waals surface area contributed by atoms with Gasteiger partial charge in [-0.25, -0.2) is 8.42 Å². The number of hydrogen-bond donors (Lipinski definition) is 0. The Morgan fingerprint density at radius 2 is 1.73 bits per heavy atom. The summed E-state index contributed by atoms with van der Waals surface area (Å²) in [5.74, 6) is -2.08. The van der Waals surface area contributed by atoms with Gasteiger partial charge in [-0.15, -0.1) is 0 Å². The average molecular weight is 449 g/mol. The Kier molecular flexibility index (Phi) is 6.96. The van der Waals surface area contributed by atoms with Crippen molar-refractivity contribution in [3.63, 3.8) is 0 Å². The summed E-state index contributed by atoms with van der Waals surface area (Å²) in [7, 11) is -2.47. The molecule has 2 aliphatic heterocycles. The highest BCUT2D eigenvalue weighted by Crippen LogP contribution is 2.34. The van der Waals surface area contributed by atoms with Crippen LogP contribution in [-0.4, -0.2) is 63.0 Å². The van der Waals surface area contributed by atoms with Crippen molar-refractivity contribution in [3.8, 4) is 5.75 Å². The molecule has 0 spiro atoms. The van der Waals surface area contributed by atoms with Gasteiger partial charge in [0.2, 0.25) is 10.0 Å². The number of amides is 1. The second kappa shape index (κ2) is 9.13. The molecule has 0 aromatic heterocycles. The van der Waals surface area contributed by atoms with Crippen LogP contribution in [-0.2, 0) is 10.0 Å². The van der Waals surface area contributed by atoms with Crippen LogP contribution in [0.2, 0.25) is 0 Å². The molecule has 0 saturated carbocycles. The Morgan fingerprint density at radius 1 is 1.07 bits per heavy atom. The van der Waals surface area contributed by atoms with Gasteiger partial charge < -0.3 is 9.64 Å². The van der Waals surface area contributed by atoms with E-state index in [2.05, 4.69) is 0 Å². The van der Waals surface area contributed by atoms with E-state index in [1.54, 1.807) is 0 Å². The number of methoxy groups -OCH3 is 1. The standard InChI is InChI=1S/C20H27F3N2O4S/c1-29-18-9-8-16(30(27,28)25-11-4-2-3-5-12-25)13-17(18)19(26)24-10-6-7-15(14-24)20(21,22)23/h8-9,13,15H,2-7,10-12,14H2,1H3/t15-/m1/s1. The predicted molar refractivity (Wildman–Crippen MR) is 105 cm³/mol. The van der Waals surface area contributed by atoms with Gasteiger partial charge in [0, 0.05) is 26.2 Å². The SMILES string of the molecule is COc1ccc(S(=O)(=O)N2CCCCCC2)cc1C(=O)N1CCC[C@@H](C(F)(F)F)C1. The van der Waals surface area contributed by atoms with Crippen LogP contribution in [0.25, 0.3) is 0 Å². The van der Waals surface area contributed by atoms with E-state index in [1.807, 2.05) is 0 Å². The normalized spacial score (nSPS) is 21.9. The third kappa shape index (κ3) is 4.91. The summed E-state index contributed by atoms with van der Waals surface area (Å²) in [6.07, 6.45) is -0.679. The summed E-state index contributed by atoms with van der Waals surface area (Å²) >= 11 is 0. The van der Waals surface area contributed by atoms with Crippen LogP contribution >= 0.6 is 0 Å². The van der Waals surface area contributed by atoms with E-state index in [0.29, 0.717) is 13.1 Å². The van der Waals surface area contributed by atoms with E-state index in [-0.39, 0.29) is 35.6 Å². The Bertz CT molecular complexity index is 865. The van der Waals surface area contributed by atoms with E-state index in [9.17, 15) is 26.4 Å². The number of carbonyl (C=O) groups excluding carboxylic acids is 1. The van der Waals surface area contributed by atoms with Gasteiger partial charge in [-0.1, -0.05) is 12.8 Å². The summed E-state index contributed by atoms with van der Waals surface area (Å²) in [6, 6.07) is 4.01. The summed E-state index contributed by atoms with van der Waals surface area (Å²) in [5.41, 5.74) is -0.0313. The topological polar surface area (TPSA) is 66.9 Å². The average Bonchev–Trinajstić information content (AvgIpc) is 3.02. The van der Waals surface area contributed by atoms with E-state index < -0.39 is 34.6 Å². The van der Waals surface area contributed by atoms with Gasteiger partial charge in [-0.2, -0.15) is 17.5 Å². The lowest BCUT2D eigenvalue weighted by atomic mass is 9.97. The number of piperidine rings is 1. The van der Waals surface area contributed by atoms with Gasteiger partial charge in [0.1, 0.15) is 5.75 Å². The van der Waals surface area contributed by atoms with Crippen molar-refractivity contribution in [1.29, 1.82) is 0 Å². The molecule has 2 saturated heterocycles. The molecule has 168 valence electrons. The summed E-state index contributed by atoms with van der Waals surface area (Å²) < 4.78 is 72.2. The summed E-state index contributed by atoms with van der Waals surface area (Å²) in [5, 5.41) is 0. The van der Waals surface area contributed by atoms with E-state index in [0.717, 1.165) is 30.6 Å². The minimum atomic E-state index is -4.37. The number of benzene rings is 1. The number of rotatable bonds is 4. The third-order valence-corrected chi connectivity index (χ3v) is 7.67. The maximum Gasteiger partial charge on any atom is 0.393 e. The number of alkyl halides is 3. The van der Waals surface area contributed by atoms with Crippen molar-refractivity contribution in [2.24, 2.45) is 5.92 Å². The van der Waals surface area contributed by atoms with Crippen LogP contribution < -0.4 is 4.74 Å². The van der Waals surface area contributed by atoms with Crippen LogP contribution in [0.1, 0.15) is 48.9 Å². The van der Waals surface area contributed by atoms with Gasteiger partial charge >= 0.3 is 6.18 Å². The first-order chi connectivity index (χ1) is 14.1. The minimum Gasteiger partial charge on any atom is -0.496 e. The molecule has 0 unspecified atom stereocenters. The lowest BCUT2D eigenvalue weighted by molar-refractivity contribution is -0.184. The second-order valence-corrected chi connectivity index (χ2v) is 9.75. The number of likely N-dealkylation sites (tertiary alicyclic amines) is 1. The van der Waals surface area contributed by atoms with Gasteiger partial charge in [0.25, 0.3) is 5.91 Å². The number of sulfonamides is 1. The fraction of sp³-hybridized carbons (Fsp3) is 0.650. The fourth-order valence-corrected chi connectivity index (χ4v) is 5.59. The molecule has 0 aliphatic carbocycles. The highest BCUT2D eigenvalue weighted by atomic mass is 32.2. The Balaban J connectivity index is 1.90. The number of hydrogen-bond acceptors (Lipinski definition) is 4. The van der Waals surface area contributed by atoms with E-state index in [1.165, 1.54) is 29.6 Å². The lowest BCUT2D eigenvalue weighted by Crippen LogP contribution is -2.44. The van der Waals surface area contributed by atoms with E-state index in [4.69, 9.17) is 4.74 Å². The molecule has 30 heavy (non-hydrogen) atoms. The highest BCUT2D eigenvalue weighted by molar-refractivity contribution is 7.89. The molecule has 1 aromatic rings. The Morgan fingerprint density at radius 3 is 2.33 bits per heavy atom. The van der Waals surface area contributed by atoms with Crippen molar-refractivity contribution in [2.45, 2.75) is 49.6 Å². The minimum absolute atomic E-state index is 0.0200. The molecule has 1 amide bonds. The number of carbonyl (C=O) groups is 1. The maximum atomic E-state index is 13.1. The van der Waals surface area contributed by atoms with Crippen LogP contribution in [0.5, 0.6) is 5.75 Å². The highest BCUT2D eigenvalue weighted by Gasteiger charge is 2.43. The first-order valence-corrected chi connectivity index (χ1v) is 11.6. The molecular formula is C20H27F3N2O4S. The van der Waals surface area contributed by atoms with Crippen LogP contribution in [0.4, 0.5) is 13.2 Å². The zero-order valence-corrected chi connectivity index (χ0v) is 17.8. The summed E-state index contributed by atoms with van der Waals surface area (Å²) in [6.45, 7) is 0.584. The van der Waals surface area contributed by atoms with Gasteiger partial charge in [0.15, 0.2) is 0 Å². The molecule has 10 heteroatoms. The van der Waals surface area contributed by atoms with Crippen molar-refractivity contribution in [2.75, 3.05) is 33.3 Å². The van der Waals surface area contributed by atoms with Gasteiger partial charge in [0.05, 0.1) is 23.5 Å². The second-order valence-electron chi connectivity index (χ2n) is 7.81. The van der Waals surface area contributed by atoms with Crippen molar-refractivity contribution in [3.05, 3.63) is 23.8 Å². The van der Waals surface area contributed by atoms with Gasteiger partial charge in [-0.05, 0) is 43.9 Å². The fourth-order valence-electron chi connectivity index (χ4n) is 4.04. The number of ether oxygens (including phenoxy) is 1. The number of halogens is 3. The first-order valence-electron chi connectivity index (χ1n) is 10.2. The number of nitrogens with zero attached hydrogens (tertiary/aromatic N) is 2. The molecule has 2 fully saturated rings. The molecular weight excluding hydrogens is 421 g/mol. The van der Waals surface area contributed by atoms with Crippen molar-refractivity contribution in [1.82, 2.24) is 9.21 Å². The lowest BCUT2D eigenvalue weighted by Gasteiger charge is -2.34. The molecule has 6 nitrogen and oxygen atoms in total. The largest absolute Gasteiger partial charge is 0.496 e. The smallest absolute Gasteiger partial charge is 0.393 e. The molecule has 2 aliphatic rings. The Labute approximate surface area is 175 Å². The molecule has 0 radical (unpaired) electrons. The maximum absolute atomic E-state index is 13.1. The van der Waals surface area contributed by atoms with Crippen LogP contribution in [0.15, 0.2) is 23.1 Å². The molecule has 0 N–H and O–H groups in total. The molecule has 0 bridgehead atoms. The predicted octanol–water partition coefficient (Wildman–Crippen LogP) is 3.67. The van der Waals surface area contributed by atoms with Crippen molar-refractivity contribution >= 4 is 15.9 Å². The monoisotopic (exact) mass is 448 g/mol. The zero-order valence-electron chi connectivity index (χ0n) is 17.0. The third-order valence-electron chi connectivity index (χ3n) is 5.78. The van der Waals surface area contributed by atoms with Crippen LogP contribution in [0, 0.1) is 5.92 Å². The molecule has 2 heterocycles. The quantitative estimate of drug-likeness (QED) is 0.705. The van der Waals surface area contributed by atoms with E-state index >= 15 is 0 Å². The Hall–Kier alpha value is -1.81. The zero-order chi connectivity index (χ0) is 21.9. The van der Waals surface area contributed by atoms with Gasteiger partial charge in [-0.3, -0.25) is 4.79 Å². The first kappa shape index (κ1) is 22.9. The van der Waals surface area contributed by atoms with Crippen LogP contribution in [0.3, 0.4) is 0 Å². The van der Waals surface area contributed by atoms with Crippen molar-refractivity contribution < 1.29 is 31.1 Å².